The molecule has 2 rings (SSSR count). The highest BCUT2D eigenvalue weighted by Gasteiger charge is 2.21. The number of carbonyl (C=O) groups excluding carboxylic acids is 1. The summed E-state index contributed by atoms with van der Waals surface area (Å²) in [6, 6.07) is 4.47. The van der Waals surface area contributed by atoms with Crippen LogP contribution in [0, 0.1) is 10.1 Å². The van der Waals surface area contributed by atoms with Crippen molar-refractivity contribution in [2.45, 2.75) is 13.3 Å². The van der Waals surface area contributed by atoms with E-state index in [0.717, 1.165) is 0 Å². The van der Waals surface area contributed by atoms with Crippen molar-refractivity contribution in [3.05, 3.63) is 28.3 Å². The summed E-state index contributed by atoms with van der Waals surface area (Å²) in [5.74, 6) is 0.330. The van der Waals surface area contributed by atoms with Gasteiger partial charge in [-0.1, -0.05) is 0 Å². The fourth-order valence-electron chi connectivity index (χ4n) is 2.07. The van der Waals surface area contributed by atoms with Crippen molar-refractivity contribution in [1.82, 2.24) is 0 Å². The van der Waals surface area contributed by atoms with E-state index < -0.39 is 4.92 Å². The van der Waals surface area contributed by atoms with Crippen molar-refractivity contribution in [1.29, 1.82) is 0 Å². The summed E-state index contributed by atoms with van der Waals surface area (Å²) in [5, 5.41) is 10.8. The first kappa shape index (κ1) is 14.1. The van der Waals surface area contributed by atoms with E-state index in [4.69, 9.17) is 9.47 Å². The van der Waals surface area contributed by atoms with Gasteiger partial charge >= 0.3 is 5.97 Å². The number of nitrogens with zero attached hydrogens (tertiary/aromatic N) is 2. The topological polar surface area (TPSA) is 81.9 Å². The highest BCUT2D eigenvalue weighted by Crippen LogP contribution is 2.34. The quantitative estimate of drug-likeness (QED) is 0.464. The molecule has 0 aliphatic carbocycles. The number of carbonyl (C=O) groups is 1. The van der Waals surface area contributed by atoms with Crippen LogP contribution in [0.4, 0.5) is 11.4 Å². The van der Waals surface area contributed by atoms with Gasteiger partial charge < -0.3 is 14.4 Å². The summed E-state index contributed by atoms with van der Waals surface area (Å²) in [6.45, 7) is 3.65. The zero-order chi connectivity index (χ0) is 14.5. The lowest BCUT2D eigenvalue weighted by atomic mass is 10.2. The molecule has 7 heteroatoms. The van der Waals surface area contributed by atoms with Gasteiger partial charge in [0.25, 0.3) is 5.69 Å². The van der Waals surface area contributed by atoms with Gasteiger partial charge in [0, 0.05) is 18.7 Å². The summed E-state index contributed by atoms with van der Waals surface area (Å²) in [4.78, 5) is 23.7. The largest absolute Gasteiger partial charge is 0.490 e. The Bertz CT molecular complexity index is 517. The third-order valence-electron chi connectivity index (χ3n) is 3.00. The van der Waals surface area contributed by atoms with E-state index in [1.807, 2.05) is 4.90 Å². The van der Waals surface area contributed by atoms with Crippen LogP contribution < -0.4 is 9.64 Å². The van der Waals surface area contributed by atoms with E-state index in [1.165, 1.54) is 12.1 Å². The van der Waals surface area contributed by atoms with Crippen LogP contribution in [0.15, 0.2) is 18.2 Å². The van der Waals surface area contributed by atoms with Crippen molar-refractivity contribution in [2.75, 3.05) is 31.2 Å². The number of rotatable bonds is 5. The van der Waals surface area contributed by atoms with Crippen molar-refractivity contribution < 1.29 is 19.2 Å². The Hall–Kier alpha value is -2.31. The Labute approximate surface area is 116 Å². The highest BCUT2D eigenvalue weighted by atomic mass is 16.6. The summed E-state index contributed by atoms with van der Waals surface area (Å²) >= 11 is 0. The number of hydrogen-bond donors (Lipinski definition) is 0. The molecule has 108 valence electrons. The van der Waals surface area contributed by atoms with E-state index >= 15 is 0 Å². The molecule has 0 spiro atoms. The summed E-state index contributed by atoms with van der Waals surface area (Å²) in [5.41, 5.74) is 0.658. The second-order valence-corrected chi connectivity index (χ2v) is 4.30. The number of non-ortho nitro benzene ring substituents is 1. The maximum Gasteiger partial charge on any atom is 0.307 e. The van der Waals surface area contributed by atoms with Gasteiger partial charge in [0.15, 0.2) is 0 Å². The smallest absolute Gasteiger partial charge is 0.307 e. The minimum Gasteiger partial charge on any atom is -0.490 e. The van der Waals surface area contributed by atoms with Crippen molar-refractivity contribution in [2.24, 2.45) is 0 Å². The number of hydrogen-bond acceptors (Lipinski definition) is 6. The second-order valence-electron chi connectivity index (χ2n) is 4.30. The van der Waals surface area contributed by atoms with Crippen molar-refractivity contribution >= 4 is 17.3 Å². The summed E-state index contributed by atoms with van der Waals surface area (Å²) in [6.07, 6.45) is 0.246. The molecule has 0 aromatic heterocycles. The Morgan fingerprint density at radius 2 is 2.35 bits per heavy atom. The van der Waals surface area contributed by atoms with Crippen LogP contribution in [0.25, 0.3) is 0 Å². The lowest BCUT2D eigenvalue weighted by Gasteiger charge is -2.30. The van der Waals surface area contributed by atoms with Gasteiger partial charge in [-0.25, -0.2) is 0 Å². The van der Waals surface area contributed by atoms with Gasteiger partial charge in [0.05, 0.1) is 30.2 Å². The molecule has 1 aliphatic heterocycles. The second kappa shape index (κ2) is 6.23. The predicted molar refractivity (Wildman–Crippen MR) is 72.1 cm³/mol. The van der Waals surface area contributed by atoms with Gasteiger partial charge in [0.2, 0.25) is 0 Å². The molecule has 0 bridgehead atoms. The lowest BCUT2D eigenvalue weighted by Crippen LogP contribution is -2.34. The number of ether oxygens (including phenoxy) is 2. The number of nitro benzene ring substituents is 1. The van der Waals surface area contributed by atoms with Crippen molar-refractivity contribution in [3.63, 3.8) is 0 Å². The molecular formula is C13H16N2O5. The fourth-order valence-corrected chi connectivity index (χ4v) is 2.07. The van der Waals surface area contributed by atoms with Crippen LogP contribution in [0.2, 0.25) is 0 Å². The van der Waals surface area contributed by atoms with E-state index in [2.05, 4.69) is 0 Å². The first-order valence-corrected chi connectivity index (χ1v) is 6.43. The highest BCUT2D eigenvalue weighted by molar-refractivity contribution is 5.71. The van der Waals surface area contributed by atoms with Crippen LogP contribution in [0.1, 0.15) is 13.3 Å². The Morgan fingerprint density at radius 3 is 3.05 bits per heavy atom. The third-order valence-corrected chi connectivity index (χ3v) is 3.00. The predicted octanol–water partition coefficient (Wildman–Crippen LogP) is 1.75. The van der Waals surface area contributed by atoms with Gasteiger partial charge in [0.1, 0.15) is 12.4 Å². The summed E-state index contributed by atoms with van der Waals surface area (Å²) in [7, 11) is 0. The Kier molecular flexibility index (Phi) is 4.39. The average Bonchev–Trinajstić information content (AvgIpc) is 2.44. The Morgan fingerprint density at radius 1 is 1.55 bits per heavy atom. The lowest BCUT2D eigenvalue weighted by molar-refractivity contribution is -0.384. The van der Waals surface area contributed by atoms with Crippen molar-refractivity contribution in [3.8, 4) is 5.75 Å². The molecule has 1 heterocycles. The third kappa shape index (κ3) is 3.17. The fraction of sp³-hybridized carbons (Fsp3) is 0.462. The number of benzene rings is 1. The van der Waals surface area contributed by atoms with E-state index in [0.29, 0.717) is 37.7 Å². The molecule has 0 radical (unpaired) electrons. The Balaban J connectivity index is 2.12. The normalized spacial score (nSPS) is 13.3. The molecule has 20 heavy (non-hydrogen) atoms. The van der Waals surface area contributed by atoms with Crippen LogP contribution in [0.3, 0.4) is 0 Å². The summed E-state index contributed by atoms with van der Waals surface area (Å²) < 4.78 is 10.3. The molecule has 1 aromatic rings. The zero-order valence-electron chi connectivity index (χ0n) is 11.2. The van der Waals surface area contributed by atoms with E-state index in [1.54, 1.807) is 13.0 Å². The monoisotopic (exact) mass is 280 g/mol. The number of nitro groups is 1. The number of esters is 1. The van der Waals surface area contributed by atoms with Gasteiger partial charge in [-0.3, -0.25) is 14.9 Å². The van der Waals surface area contributed by atoms with Gasteiger partial charge in [-0.05, 0) is 13.0 Å². The minimum absolute atomic E-state index is 0.00962. The number of anilines is 1. The number of fused-ring (bicyclic) bond motifs is 1. The molecular weight excluding hydrogens is 264 g/mol. The average molecular weight is 280 g/mol. The van der Waals surface area contributed by atoms with E-state index in [-0.39, 0.29) is 18.1 Å². The maximum absolute atomic E-state index is 11.4. The molecule has 0 unspecified atom stereocenters. The van der Waals surface area contributed by atoms with Gasteiger partial charge in [-0.2, -0.15) is 0 Å². The molecule has 0 amide bonds. The standard InChI is InChI=1S/C13H16N2O5/c1-2-19-13(16)5-6-14-7-8-20-12-4-3-10(15(17)18)9-11(12)14/h3-4,9H,2,5-8H2,1H3. The molecule has 0 saturated carbocycles. The molecule has 0 atom stereocenters. The molecule has 1 aromatic carbocycles. The first-order valence-electron chi connectivity index (χ1n) is 6.43. The molecule has 0 N–H and O–H groups in total. The molecule has 1 aliphatic rings. The molecule has 0 saturated heterocycles. The SMILES string of the molecule is CCOC(=O)CCN1CCOc2ccc([N+](=O)[O-])cc21. The van der Waals surface area contributed by atoms with Crippen LogP contribution in [-0.2, 0) is 9.53 Å². The van der Waals surface area contributed by atoms with Crippen LogP contribution >= 0.6 is 0 Å². The van der Waals surface area contributed by atoms with Gasteiger partial charge in [-0.15, -0.1) is 0 Å². The van der Waals surface area contributed by atoms with E-state index in [9.17, 15) is 14.9 Å². The molecule has 7 nitrogen and oxygen atoms in total. The van der Waals surface area contributed by atoms with Crippen LogP contribution in [-0.4, -0.2) is 37.2 Å². The minimum atomic E-state index is -0.446. The zero-order valence-corrected chi connectivity index (χ0v) is 11.2. The van der Waals surface area contributed by atoms with Crippen LogP contribution in [0.5, 0.6) is 5.75 Å². The maximum atomic E-state index is 11.4. The molecule has 0 fully saturated rings. The first-order chi connectivity index (χ1) is 9.61.